The Morgan fingerprint density at radius 2 is 1.91 bits per heavy atom. The quantitative estimate of drug-likeness (QED) is 0.493. The molecule has 1 spiro atoms. The summed E-state index contributed by atoms with van der Waals surface area (Å²) >= 11 is 0. The molecular formula is C20H30O3. The normalized spacial score (nSPS) is 54.4. The predicted octanol–water partition coefficient (Wildman–Crippen LogP) is 4.32. The van der Waals surface area contributed by atoms with Gasteiger partial charge in [0.1, 0.15) is 17.3 Å². The lowest BCUT2D eigenvalue weighted by molar-refractivity contribution is 0.00903. The minimum absolute atomic E-state index is 0.0655. The molecule has 1 aliphatic carbocycles. The molecule has 0 aromatic heterocycles. The van der Waals surface area contributed by atoms with Gasteiger partial charge in [-0.3, -0.25) is 0 Å². The maximum atomic E-state index is 6.21. The summed E-state index contributed by atoms with van der Waals surface area (Å²) in [6, 6.07) is 0. The van der Waals surface area contributed by atoms with Crippen molar-refractivity contribution in [1.29, 1.82) is 0 Å². The first-order valence-corrected chi connectivity index (χ1v) is 9.19. The van der Waals surface area contributed by atoms with Crippen LogP contribution in [0, 0.1) is 0 Å². The van der Waals surface area contributed by atoms with Crippen molar-refractivity contribution in [2.24, 2.45) is 0 Å². The van der Waals surface area contributed by atoms with Crippen molar-refractivity contribution in [3.05, 3.63) is 23.3 Å². The third-order valence-corrected chi connectivity index (χ3v) is 6.56. The summed E-state index contributed by atoms with van der Waals surface area (Å²) in [5.74, 6) is 0. The second kappa shape index (κ2) is 5.18. The Hall–Kier alpha value is -0.640. The predicted molar refractivity (Wildman–Crippen MR) is 90.5 cm³/mol. The molecule has 0 bridgehead atoms. The second-order valence-corrected chi connectivity index (χ2v) is 8.51. The highest BCUT2D eigenvalue weighted by atomic mass is 16.7. The van der Waals surface area contributed by atoms with Gasteiger partial charge in [0.15, 0.2) is 0 Å². The van der Waals surface area contributed by atoms with E-state index in [4.69, 9.17) is 14.2 Å². The van der Waals surface area contributed by atoms with Crippen LogP contribution < -0.4 is 0 Å². The molecule has 4 rings (SSSR count). The van der Waals surface area contributed by atoms with Crippen LogP contribution in [-0.2, 0) is 14.2 Å². The van der Waals surface area contributed by atoms with E-state index in [9.17, 15) is 0 Å². The van der Waals surface area contributed by atoms with E-state index in [2.05, 4.69) is 39.8 Å². The minimum Gasteiger partial charge on any atom is -0.368 e. The van der Waals surface area contributed by atoms with Crippen molar-refractivity contribution >= 4 is 0 Å². The average Bonchev–Trinajstić information content (AvgIpc) is 3.30. The molecule has 0 saturated carbocycles. The van der Waals surface area contributed by atoms with Crippen LogP contribution in [0.2, 0.25) is 0 Å². The molecule has 0 N–H and O–H groups in total. The monoisotopic (exact) mass is 318 g/mol. The van der Waals surface area contributed by atoms with Gasteiger partial charge in [-0.05, 0) is 66.2 Å². The van der Waals surface area contributed by atoms with Gasteiger partial charge in [0, 0.05) is 0 Å². The molecule has 0 unspecified atom stereocenters. The molecule has 0 radical (unpaired) electrons. The number of fused-ring (bicyclic) bond motifs is 1. The Kier molecular flexibility index (Phi) is 3.57. The summed E-state index contributed by atoms with van der Waals surface area (Å²) in [6.45, 7) is 9.69. The van der Waals surface area contributed by atoms with E-state index < -0.39 is 0 Å². The van der Waals surface area contributed by atoms with E-state index in [1.165, 1.54) is 11.1 Å². The van der Waals surface area contributed by atoms with Crippen LogP contribution in [0.25, 0.3) is 0 Å². The Balaban J connectivity index is 1.55. The molecular weight excluding hydrogens is 288 g/mol. The zero-order valence-electron chi connectivity index (χ0n) is 15.0. The molecule has 3 heterocycles. The van der Waals surface area contributed by atoms with Gasteiger partial charge in [-0.25, -0.2) is 0 Å². The maximum Gasteiger partial charge on any atom is 0.130 e. The fourth-order valence-corrected chi connectivity index (χ4v) is 4.58. The number of ether oxygens (including phenoxy) is 3. The third-order valence-electron chi connectivity index (χ3n) is 6.56. The number of allylic oxidation sites excluding steroid dienone is 3. The van der Waals surface area contributed by atoms with Gasteiger partial charge in [-0.2, -0.15) is 0 Å². The first-order chi connectivity index (χ1) is 10.9. The Morgan fingerprint density at radius 3 is 2.70 bits per heavy atom. The summed E-state index contributed by atoms with van der Waals surface area (Å²) in [5.41, 5.74) is 2.85. The van der Waals surface area contributed by atoms with Crippen LogP contribution in [0.3, 0.4) is 0 Å². The average molecular weight is 318 g/mol. The van der Waals surface area contributed by atoms with E-state index in [-0.39, 0.29) is 22.9 Å². The summed E-state index contributed by atoms with van der Waals surface area (Å²) in [5, 5.41) is 0. The summed E-state index contributed by atoms with van der Waals surface area (Å²) in [4.78, 5) is 0. The molecule has 3 saturated heterocycles. The maximum absolute atomic E-state index is 6.21. The number of hydrogen-bond donors (Lipinski definition) is 0. The van der Waals surface area contributed by atoms with E-state index in [0.717, 1.165) is 45.1 Å². The lowest BCUT2D eigenvalue weighted by Gasteiger charge is -2.19. The van der Waals surface area contributed by atoms with E-state index in [0.29, 0.717) is 6.10 Å². The Bertz CT molecular complexity index is 565. The molecule has 23 heavy (non-hydrogen) atoms. The highest BCUT2D eigenvalue weighted by Gasteiger charge is 2.74. The van der Waals surface area contributed by atoms with E-state index in [1.807, 2.05) is 0 Å². The molecule has 5 atom stereocenters. The lowest BCUT2D eigenvalue weighted by Crippen LogP contribution is -2.29. The van der Waals surface area contributed by atoms with Gasteiger partial charge in [-0.15, -0.1) is 0 Å². The first kappa shape index (κ1) is 15.9. The van der Waals surface area contributed by atoms with Crippen LogP contribution >= 0.6 is 0 Å². The smallest absolute Gasteiger partial charge is 0.130 e. The summed E-state index contributed by atoms with van der Waals surface area (Å²) < 4.78 is 18.3. The van der Waals surface area contributed by atoms with Crippen molar-refractivity contribution in [3.63, 3.8) is 0 Å². The van der Waals surface area contributed by atoms with Crippen LogP contribution in [0.4, 0.5) is 0 Å². The second-order valence-electron chi connectivity index (χ2n) is 8.51. The summed E-state index contributed by atoms with van der Waals surface area (Å²) in [7, 11) is 0. The fraction of sp³-hybridized carbons (Fsp3) is 0.800. The number of epoxide rings is 2. The van der Waals surface area contributed by atoms with Gasteiger partial charge < -0.3 is 14.2 Å². The van der Waals surface area contributed by atoms with Gasteiger partial charge in [0.25, 0.3) is 0 Å². The molecule has 0 amide bonds. The SMILES string of the molecule is C/C1=C\[C@H]2OC[C@@]3(C)O[C@@]23CC/C(C)=C/CC[C@]2(C)O[C@H]2CC1. The topological polar surface area (TPSA) is 34.3 Å². The highest BCUT2D eigenvalue weighted by molar-refractivity contribution is 5.28. The van der Waals surface area contributed by atoms with E-state index >= 15 is 0 Å². The fourth-order valence-electron chi connectivity index (χ4n) is 4.58. The van der Waals surface area contributed by atoms with Crippen molar-refractivity contribution in [2.45, 2.75) is 95.2 Å². The molecule has 0 aromatic carbocycles. The van der Waals surface area contributed by atoms with Gasteiger partial charge in [0.05, 0.1) is 18.3 Å². The standard InChI is InChI=1S/C20H30O3/c1-14-6-5-10-18(3)16(22-18)8-7-15(2)12-17-20(11-9-14)19(4,23-20)13-21-17/h6,12,16-17H,5,7-11,13H2,1-4H3/b14-6+,15-12+/t16-,17+,18-,19+,20-/m0/s1. The molecule has 128 valence electrons. The zero-order chi connectivity index (χ0) is 16.3. The number of rotatable bonds is 0. The Morgan fingerprint density at radius 1 is 1.09 bits per heavy atom. The zero-order valence-corrected chi connectivity index (χ0v) is 15.0. The molecule has 4 aliphatic rings. The van der Waals surface area contributed by atoms with Crippen LogP contribution in [0.15, 0.2) is 23.3 Å². The van der Waals surface area contributed by atoms with Crippen molar-refractivity contribution in [2.75, 3.05) is 6.61 Å². The van der Waals surface area contributed by atoms with Gasteiger partial charge in [-0.1, -0.05) is 23.3 Å². The van der Waals surface area contributed by atoms with Crippen molar-refractivity contribution in [3.8, 4) is 0 Å². The van der Waals surface area contributed by atoms with Crippen molar-refractivity contribution < 1.29 is 14.2 Å². The highest BCUT2D eigenvalue weighted by Crippen LogP contribution is 2.59. The van der Waals surface area contributed by atoms with Crippen molar-refractivity contribution in [1.82, 2.24) is 0 Å². The molecule has 0 aromatic rings. The summed E-state index contributed by atoms with van der Waals surface area (Å²) in [6.07, 6.45) is 11.9. The lowest BCUT2D eigenvalue weighted by atomic mass is 9.85. The largest absolute Gasteiger partial charge is 0.368 e. The van der Waals surface area contributed by atoms with Gasteiger partial charge in [0.2, 0.25) is 0 Å². The van der Waals surface area contributed by atoms with Crippen LogP contribution in [-0.4, -0.2) is 35.6 Å². The molecule has 3 heteroatoms. The number of hydrogen-bond acceptors (Lipinski definition) is 3. The molecule has 3 aliphatic heterocycles. The first-order valence-electron chi connectivity index (χ1n) is 9.19. The third kappa shape index (κ3) is 2.61. The van der Waals surface area contributed by atoms with Gasteiger partial charge >= 0.3 is 0 Å². The molecule has 3 fully saturated rings. The van der Waals surface area contributed by atoms with Crippen LogP contribution in [0.1, 0.15) is 66.2 Å². The van der Waals surface area contributed by atoms with E-state index in [1.54, 1.807) is 0 Å². The minimum atomic E-state index is -0.0852. The van der Waals surface area contributed by atoms with Crippen LogP contribution in [0.5, 0.6) is 0 Å². The molecule has 3 nitrogen and oxygen atoms in total. The Labute approximate surface area is 140 Å².